The van der Waals surface area contributed by atoms with Crippen LogP contribution in [-0.4, -0.2) is 22.3 Å². The fourth-order valence-electron chi connectivity index (χ4n) is 4.73. The van der Waals surface area contributed by atoms with E-state index in [1.807, 2.05) is 6.92 Å². The molecule has 3 nitrogen and oxygen atoms in total. The first-order valence-corrected chi connectivity index (χ1v) is 6.96. The van der Waals surface area contributed by atoms with Gasteiger partial charge in [-0.25, -0.2) is 4.79 Å². The zero-order valence-electron chi connectivity index (χ0n) is 11.2. The Labute approximate surface area is 108 Å². The average molecular weight is 250 g/mol. The van der Waals surface area contributed by atoms with E-state index in [-0.39, 0.29) is 11.9 Å². The van der Waals surface area contributed by atoms with Gasteiger partial charge in [-0.05, 0) is 50.9 Å². The second-order valence-electron chi connectivity index (χ2n) is 6.84. The van der Waals surface area contributed by atoms with Crippen molar-refractivity contribution in [2.45, 2.75) is 57.2 Å². The molecule has 0 saturated heterocycles. The Morgan fingerprint density at radius 2 is 1.83 bits per heavy atom. The summed E-state index contributed by atoms with van der Waals surface area (Å²) in [6, 6.07) is 0. The predicted octanol–water partition coefficient (Wildman–Crippen LogP) is 2.44. The Morgan fingerprint density at radius 1 is 1.28 bits per heavy atom. The standard InChI is InChI=1S/C15H22O3/c1-9(2)13(16)18-15-7-11-4-12(8-15)6-14(17,5-11)10(15)3/h10-12,17H,1,4-8H2,2-3H3. The first-order chi connectivity index (χ1) is 8.35. The molecule has 4 bridgehead atoms. The molecule has 18 heavy (non-hydrogen) atoms. The third-order valence-electron chi connectivity index (χ3n) is 5.46. The Hall–Kier alpha value is -0.830. The van der Waals surface area contributed by atoms with Crippen LogP contribution in [-0.2, 0) is 9.53 Å². The zero-order valence-corrected chi connectivity index (χ0v) is 11.2. The maximum atomic E-state index is 11.9. The minimum Gasteiger partial charge on any atom is -0.455 e. The molecule has 4 aliphatic rings. The molecule has 1 N–H and O–H groups in total. The fraction of sp³-hybridized carbons (Fsp3) is 0.800. The van der Waals surface area contributed by atoms with Crippen molar-refractivity contribution in [3.63, 3.8) is 0 Å². The van der Waals surface area contributed by atoms with E-state index in [0.29, 0.717) is 17.4 Å². The summed E-state index contributed by atoms with van der Waals surface area (Å²) in [5, 5.41) is 10.8. The highest BCUT2D eigenvalue weighted by atomic mass is 16.6. The van der Waals surface area contributed by atoms with Crippen LogP contribution in [0.3, 0.4) is 0 Å². The molecule has 3 heteroatoms. The molecule has 0 amide bonds. The summed E-state index contributed by atoms with van der Waals surface area (Å²) in [6.45, 7) is 7.39. The van der Waals surface area contributed by atoms with Gasteiger partial charge in [-0.2, -0.15) is 0 Å². The highest BCUT2D eigenvalue weighted by molar-refractivity contribution is 5.87. The van der Waals surface area contributed by atoms with Gasteiger partial charge in [0.2, 0.25) is 0 Å². The summed E-state index contributed by atoms with van der Waals surface area (Å²) in [6.07, 6.45) is 4.81. The predicted molar refractivity (Wildman–Crippen MR) is 67.8 cm³/mol. The molecule has 4 rings (SSSR count). The monoisotopic (exact) mass is 250 g/mol. The van der Waals surface area contributed by atoms with Gasteiger partial charge < -0.3 is 9.84 Å². The molecule has 0 spiro atoms. The molecule has 0 aromatic heterocycles. The lowest BCUT2D eigenvalue weighted by Crippen LogP contribution is -2.66. The van der Waals surface area contributed by atoms with Crippen LogP contribution in [0.25, 0.3) is 0 Å². The molecule has 0 radical (unpaired) electrons. The summed E-state index contributed by atoms with van der Waals surface area (Å²) in [7, 11) is 0. The second kappa shape index (κ2) is 3.60. The smallest absolute Gasteiger partial charge is 0.333 e. The Kier molecular flexibility index (Phi) is 2.44. The van der Waals surface area contributed by atoms with Crippen LogP contribution in [0.2, 0.25) is 0 Å². The molecule has 0 aromatic carbocycles. The summed E-state index contributed by atoms with van der Waals surface area (Å²) in [5.41, 5.74) is -0.598. The second-order valence-corrected chi connectivity index (χ2v) is 6.84. The fourth-order valence-corrected chi connectivity index (χ4v) is 4.73. The van der Waals surface area contributed by atoms with Crippen LogP contribution in [0.4, 0.5) is 0 Å². The van der Waals surface area contributed by atoms with Crippen LogP contribution >= 0.6 is 0 Å². The molecule has 4 aliphatic carbocycles. The van der Waals surface area contributed by atoms with Gasteiger partial charge in [0.25, 0.3) is 0 Å². The van der Waals surface area contributed by atoms with Gasteiger partial charge in [-0.1, -0.05) is 13.5 Å². The Balaban J connectivity index is 1.91. The molecule has 3 atom stereocenters. The van der Waals surface area contributed by atoms with Crippen LogP contribution in [0.5, 0.6) is 0 Å². The number of carbonyl (C=O) groups is 1. The number of esters is 1. The summed E-state index contributed by atoms with van der Waals surface area (Å²) >= 11 is 0. The number of rotatable bonds is 2. The molecule has 4 fully saturated rings. The highest BCUT2D eigenvalue weighted by Gasteiger charge is 2.63. The van der Waals surface area contributed by atoms with Gasteiger partial charge in [0.1, 0.15) is 5.60 Å². The van der Waals surface area contributed by atoms with Crippen molar-refractivity contribution in [2.75, 3.05) is 0 Å². The lowest BCUT2D eigenvalue weighted by Gasteiger charge is -2.62. The minimum absolute atomic E-state index is 0.0427. The van der Waals surface area contributed by atoms with Gasteiger partial charge in [0, 0.05) is 11.5 Å². The van der Waals surface area contributed by atoms with Crippen LogP contribution < -0.4 is 0 Å². The van der Waals surface area contributed by atoms with E-state index in [1.165, 1.54) is 6.42 Å². The highest BCUT2D eigenvalue weighted by Crippen LogP contribution is 2.61. The van der Waals surface area contributed by atoms with Gasteiger partial charge in [-0.15, -0.1) is 0 Å². The number of aliphatic hydroxyl groups is 1. The number of carbonyl (C=O) groups excluding carboxylic acids is 1. The van der Waals surface area contributed by atoms with Gasteiger partial charge >= 0.3 is 5.97 Å². The SMILES string of the molecule is C=C(C)C(=O)OC12CC3CC(CC(O)(C3)C1C)C2. The van der Waals surface area contributed by atoms with Crippen molar-refractivity contribution in [1.29, 1.82) is 0 Å². The summed E-state index contributed by atoms with van der Waals surface area (Å²) in [5.74, 6) is 0.793. The first-order valence-electron chi connectivity index (χ1n) is 6.96. The molecule has 3 unspecified atom stereocenters. The Morgan fingerprint density at radius 3 is 2.33 bits per heavy atom. The van der Waals surface area contributed by atoms with E-state index in [0.717, 1.165) is 25.7 Å². The van der Waals surface area contributed by atoms with Crippen LogP contribution in [0, 0.1) is 17.8 Å². The normalized spacial score (nSPS) is 49.2. The van der Waals surface area contributed by atoms with E-state index >= 15 is 0 Å². The number of hydrogen-bond donors (Lipinski definition) is 1. The molecule has 100 valence electrons. The molecular weight excluding hydrogens is 228 g/mol. The third kappa shape index (κ3) is 1.56. The van der Waals surface area contributed by atoms with Crippen molar-refractivity contribution in [2.24, 2.45) is 17.8 Å². The largest absolute Gasteiger partial charge is 0.455 e. The molecule has 0 aromatic rings. The average Bonchev–Trinajstić information content (AvgIpc) is 2.24. The number of ether oxygens (including phenoxy) is 1. The lowest BCUT2D eigenvalue weighted by molar-refractivity contribution is -0.249. The van der Waals surface area contributed by atoms with Gasteiger partial charge in [0.05, 0.1) is 5.60 Å². The lowest BCUT2D eigenvalue weighted by atomic mass is 9.48. The van der Waals surface area contributed by atoms with E-state index < -0.39 is 11.2 Å². The Bertz CT molecular complexity index is 398. The summed E-state index contributed by atoms with van der Waals surface area (Å²) < 4.78 is 5.79. The maximum Gasteiger partial charge on any atom is 0.333 e. The van der Waals surface area contributed by atoms with Crippen LogP contribution in [0.15, 0.2) is 12.2 Å². The summed E-state index contributed by atoms with van der Waals surface area (Å²) in [4.78, 5) is 11.9. The number of hydrogen-bond acceptors (Lipinski definition) is 3. The first kappa shape index (κ1) is 12.2. The van der Waals surface area contributed by atoms with Crippen molar-refractivity contribution in [3.05, 3.63) is 12.2 Å². The molecule has 0 aliphatic heterocycles. The van der Waals surface area contributed by atoms with Crippen LogP contribution in [0.1, 0.15) is 46.0 Å². The van der Waals surface area contributed by atoms with Crippen molar-refractivity contribution in [1.82, 2.24) is 0 Å². The molecular formula is C15H22O3. The van der Waals surface area contributed by atoms with E-state index in [2.05, 4.69) is 6.58 Å². The third-order valence-corrected chi connectivity index (χ3v) is 5.46. The van der Waals surface area contributed by atoms with Gasteiger partial charge in [-0.3, -0.25) is 0 Å². The van der Waals surface area contributed by atoms with E-state index in [4.69, 9.17) is 4.74 Å². The van der Waals surface area contributed by atoms with Crippen molar-refractivity contribution >= 4 is 5.97 Å². The van der Waals surface area contributed by atoms with Crippen molar-refractivity contribution < 1.29 is 14.6 Å². The topological polar surface area (TPSA) is 46.5 Å². The van der Waals surface area contributed by atoms with E-state index in [1.54, 1.807) is 6.92 Å². The molecule has 0 heterocycles. The zero-order chi connectivity index (χ0) is 13.1. The minimum atomic E-state index is -0.612. The quantitative estimate of drug-likeness (QED) is 0.605. The maximum absolute atomic E-state index is 11.9. The molecule has 4 saturated carbocycles. The van der Waals surface area contributed by atoms with Gasteiger partial charge in [0.15, 0.2) is 0 Å². The van der Waals surface area contributed by atoms with Crippen molar-refractivity contribution in [3.8, 4) is 0 Å². The van der Waals surface area contributed by atoms with E-state index in [9.17, 15) is 9.90 Å².